The molecule has 102 valence electrons. The molecule has 1 aliphatic carbocycles. The smallest absolute Gasteiger partial charge is 0.310 e. The van der Waals surface area contributed by atoms with E-state index in [0.717, 1.165) is 29.3 Å². The van der Waals surface area contributed by atoms with Crippen molar-refractivity contribution >= 4 is 21.9 Å². The maximum atomic E-state index is 12.2. The molecule has 3 heteroatoms. The molecular weight excluding hydrogens is 304 g/mol. The minimum atomic E-state index is -0.0730. The first-order valence-corrected chi connectivity index (χ1v) is 7.86. The van der Waals surface area contributed by atoms with Crippen LogP contribution < -0.4 is 0 Å². The molecule has 2 nitrogen and oxygen atoms in total. The van der Waals surface area contributed by atoms with E-state index in [-0.39, 0.29) is 23.4 Å². The van der Waals surface area contributed by atoms with E-state index in [1.165, 1.54) is 12.8 Å². The molecule has 3 rings (SSSR count). The first-order chi connectivity index (χ1) is 9.11. The van der Waals surface area contributed by atoms with Crippen molar-refractivity contribution in [2.75, 3.05) is 0 Å². The zero-order valence-corrected chi connectivity index (χ0v) is 12.8. The number of benzene rings is 1. The number of rotatable bonds is 1. The number of esters is 1. The number of hydrogen-bond donors (Lipinski definition) is 0. The molecular formula is C16H19BrO2. The Labute approximate surface area is 122 Å². The van der Waals surface area contributed by atoms with Gasteiger partial charge in [-0.05, 0) is 30.5 Å². The Bertz CT molecular complexity index is 482. The average molecular weight is 323 g/mol. The Balaban J connectivity index is 1.97. The Morgan fingerprint density at radius 1 is 1.21 bits per heavy atom. The summed E-state index contributed by atoms with van der Waals surface area (Å²) in [6.07, 6.45) is 5.61. The minimum Gasteiger partial charge on any atom is -0.457 e. The van der Waals surface area contributed by atoms with Crippen LogP contribution in [0.3, 0.4) is 0 Å². The summed E-state index contributed by atoms with van der Waals surface area (Å²) in [5.41, 5.74) is 1.10. The molecule has 0 bridgehead atoms. The molecule has 1 aromatic carbocycles. The molecule has 0 aromatic heterocycles. The number of carbonyl (C=O) groups excluding carboxylic acids is 1. The molecule has 0 N–H and O–H groups in total. The van der Waals surface area contributed by atoms with Crippen LogP contribution in [0.15, 0.2) is 28.7 Å². The van der Waals surface area contributed by atoms with Crippen LogP contribution in [-0.2, 0) is 9.53 Å². The van der Waals surface area contributed by atoms with Crippen molar-refractivity contribution < 1.29 is 9.53 Å². The first-order valence-electron chi connectivity index (χ1n) is 7.07. The molecule has 2 aliphatic rings. The van der Waals surface area contributed by atoms with Crippen molar-refractivity contribution in [3.8, 4) is 0 Å². The van der Waals surface area contributed by atoms with Gasteiger partial charge in [0.2, 0.25) is 0 Å². The van der Waals surface area contributed by atoms with Gasteiger partial charge in [0.1, 0.15) is 6.10 Å². The van der Waals surface area contributed by atoms with Crippen LogP contribution in [0.2, 0.25) is 0 Å². The third-order valence-corrected chi connectivity index (χ3v) is 5.32. The number of hydrogen-bond acceptors (Lipinski definition) is 2. The second-order valence-electron chi connectivity index (χ2n) is 6.03. The van der Waals surface area contributed by atoms with Gasteiger partial charge in [0.05, 0.1) is 5.92 Å². The van der Waals surface area contributed by atoms with Crippen LogP contribution in [-0.4, -0.2) is 5.97 Å². The maximum absolute atomic E-state index is 12.2. The number of cyclic esters (lactones) is 1. The van der Waals surface area contributed by atoms with Crippen molar-refractivity contribution in [2.45, 2.75) is 45.1 Å². The van der Waals surface area contributed by atoms with Crippen molar-refractivity contribution in [1.29, 1.82) is 0 Å². The summed E-state index contributed by atoms with van der Waals surface area (Å²) in [4.78, 5) is 12.2. The van der Waals surface area contributed by atoms with Crippen LogP contribution >= 0.6 is 15.9 Å². The number of carbonyl (C=O) groups is 1. The molecule has 0 unspecified atom stereocenters. The highest BCUT2D eigenvalue weighted by Gasteiger charge is 2.54. The lowest BCUT2D eigenvalue weighted by Crippen LogP contribution is -2.28. The highest BCUT2D eigenvalue weighted by molar-refractivity contribution is 9.10. The fourth-order valence-corrected chi connectivity index (χ4v) is 3.92. The topological polar surface area (TPSA) is 26.3 Å². The van der Waals surface area contributed by atoms with Gasteiger partial charge in [-0.3, -0.25) is 4.79 Å². The van der Waals surface area contributed by atoms with Gasteiger partial charge < -0.3 is 4.74 Å². The lowest BCUT2D eigenvalue weighted by atomic mass is 9.70. The van der Waals surface area contributed by atoms with Crippen LogP contribution in [0.1, 0.15) is 50.7 Å². The largest absolute Gasteiger partial charge is 0.457 e. The predicted octanol–water partition coefficient (Wildman–Crippen LogP) is 4.63. The second-order valence-corrected chi connectivity index (χ2v) is 6.94. The van der Waals surface area contributed by atoms with E-state index in [4.69, 9.17) is 4.74 Å². The van der Waals surface area contributed by atoms with Gasteiger partial charge >= 0.3 is 5.97 Å². The molecule has 3 atom stereocenters. The standard InChI is InChI=1S/C16H19BrO2/c1-16-10-4-2-3-5-13(16)15(18)19-14(16)11-6-8-12(17)9-7-11/h6-9,13-14H,2-5,10H2,1H3/t13-,14+,16-/m1/s1. The van der Waals surface area contributed by atoms with Gasteiger partial charge in [0.25, 0.3) is 0 Å². The van der Waals surface area contributed by atoms with Gasteiger partial charge in [0.15, 0.2) is 0 Å². The van der Waals surface area contributed by atoms with Crippen LogP contribution in [0.5, 0.6) is 0 Å². The number of fused-ring (bicyclic) bond motifs is 1. The average Bonchev–Trinajstić information content (AvgIpc) is 2.54. The Morgan fingerprint density at radius 2 is 1.95 bits per heavy atom. The van der Waals surface area contributed by atoms with Gasteiger partial charge in [-0.1, -0.05) is 54.2 Å². The zero-order chi connectivity index (χ0) is 13.5. The van der Waals surface area contributed by atoms with Crippen LogP contribution in [0.4, 0.5) is 0 Å². The predicted molar refractivity (Wildman–Crippen MR) is 77.7 cm³/mol. The summed E-state index contributed by atoms with van der Waals surface area (Å²) in [5.74, 6) is 0.0981. The lowest BCUT2D eigenvalue weighted by molar-refractivity contribution is -0.144. The third-order valence-electron chi connectivity index (χ3n) is 4.79. The monoisotopic (exact) mass is 322 g/mol. The molecule has 1 aromatic rings. The molecule has 2 fully saturated rings. The normalized spacial score (nSPS) is 34.5. The fraction of sp³-hybridized carbons (Fsp3) is 0.562. The van der Waals surface area contributed by atoms with E-state index in [9.17, 15) is 4.79 Å². The van der Waals surface area contributed by atoms with E-state index in [0.29, 0.717) is 0 Å². The van der Waals surface area contributed by atoms with Crippen molar-refractivity contribution in [1.82, 2.24) is 0 Å². The molecule has 0 radical (unpaired) electrons. The molecule has 1 saturated heterocycles. The highest BCUT2D eigenvalue weighted by Crippen LogP contribution is 2.55. The van der Waals surface area contributed by atoms with Crippen LogP contribution in [0, 0.1) is 11.3 Å². The summed E-state index contributed by atoms with van der Waals surface area (Å²) in [7, 11) is 0. The SMILES string of the molecule is C[C@@]12CCCCC[C@@H]1C(=O)O[C@H]2c1ccc(Br)cc1. The zero-order valence-electron chi connectivity index (χ0n) is 11.2. The van der Waals surface area contributed by atoms with Crippen molar-refractivity contribution in [2.24, 2.45) is 11.3 Å². The summed E-state index contributed by atoms with van der Waals surface area (Å²) < 4.78 is 6.80. The first kappa shape index (κ1) is 13.2. The highest BCUT2D eigenvalue weighted by atomic mass is 79.9. The second kappa shape index (κ2) is 4.93. The Kier molecular flexibility index (Phi) is 3.42. The molecule has 1 heterocycles. The van der Waals surface area contributed by atoms with E-state index in [1.807, 2.05) is 12.1 Å². The van der Waals surface area contributed by atoms with E-state index in [1.54, 1.807) is 0 Å². The van der Waals surface area contributed by atoms with Gasteiger partial charge in [-0.2, -0.15) is 0 Å². The van der Waals surface area contributed by atoms with E-state index < -0.39 is 0 Å². The molecule has 1 aliphatic heterocycles. The summed E-state index contributed by atoms with van der Waals surface area (Å²) in [6.45, 7) is 2.24. The third kappa shape index (κ3) is 2.22. The van der Waals surface area contributed by atoms with Crippen molar-refractivity contribution in [3.63, 3.8) is 0 Å². The maximum Gasteiger partial charge on any atom is 0.310 e. The minimum absolute atomic E-state index is 0.0114. The lowest BCUT2D eigenvalue weighted by Gasteiger charge is -2.31. The molecule has 19 heavy (non-hydrogen) atoms. The summed E-state index contributed by atoms with van der Waals surface area (Å²) in [6, 6.07) is 8.19. The van der Waals surface area contributed by atoms with Gasteiger partial charge in [-0.25, -0.2) is 0 Å². The summed E-state index contributed by atoms with van der Waals surface area (Å²) in [5, 5.41) is 0. The quantitative estimate of drug-likeness (QED) is 0.704. The molecule has 0 amide bonds. The number of halogens is 1. The van der Waals surface area contributed by atoms with E-state index in [2.05, 4.69) is 35.0 Å². The molecule has 0 spiro atoms. The molecule has 1 saturated carbocycles. The fourth-order valence-electron chi connectivity index (χ4n) is 3.66. The Morgan fingerprint density at radius 3 is 2.68 bits per heavy atom. The van der Waals surface area contributed by atoms with Gasteiger partial charge in [-0.15, -0.1) is 0 Å². The summed E-state index contributed by atoms with van der Waals surface area (Å²) >= 11 is 3.45. The van der Waals surface area contributed by atoms with Crippen LogP contribution in [0.25, 0.3) is 0 Å². The van der Waals surface area contributed by atoms with Crippen molar-refractivity contribution in [3.05, 3.63) is 34.3 Å². The van der Waals surface area contributed by atoms with Gasteiger partial charge in [0, 0.05) is 9.89 Å². The number of ether oxygens (including phenoxy) is 1. The Hall–Kier alpha value is -0.830. The van der Waals surface area contributed by atoms with E-state index >= 15 is 0 Å².